The van der Waals surface area contributed by atoms with Gasteiger partial charge in [0.15, 0.2) is 0 Å². The van der Waals surface area contributed by atoms with Gasteiger partial charge in [-0.25, -0.2) is 0 Å². The fourth-order valence-corrected chi connectivity index (χ4v) is 6.75. The van der Waals surface area contributed by atoms with Crippen molar-refractivity contribution < 1.29 is 14.7 Å². The van der Waals surface area contributed by atoms with Gasteiger partial charge in [-0.1, -0.05) is 91.0 Å². The summed E-state index contributed by atoms with van der Waals surface area (Å²) in [7, 11) is 4.05. The Labute approximate surface area is 267 Å². The fraction of sp³-hybridized carbons (Fsp3) is 0.278. The third-order valence-electron chi connectivity index (χ3n) is 8.25. The molecule has 0 aromatic heterocycles. The number of aliphatic hydroxyl groups excluding tert-OH is 1. The molecule has 6 nitrogen and oxygen atoms in total. The molecule has 43 heavy (non-hydrogen) atoms. The minimum atomic E-state index is -1.13. The number of nitrogens with one attached hydrogen (secondary N) is 1. The minimum Gasteiger partial charge on any atom is -0.392 e. The Morgan fingerprint density at radius 2 is 1.58 bits per heavy atom. The van der Waals surface area contributed by atoms with E-state index in [0.717, 1.165) is 44.4 Å². The van der Waals surface area contributed by atoms with E-state index in [-0.39, 0.29) is 18.4 Å². The number of rotatable bonds is 11. The second-order valence-corrected chi connectivity index (χ2v) is 12.6. The monoisotopic (exact) mass is 687 g/mol. The van der Waals surface area contributed by atoms with Crippen molar-refractivity contribution in [1.29, 1.82) is 0 Å². The van der Waals surface area contributed by atoms with Crippen LogP contribution >= 0.6 is 22.6 Å². The van der Waals surface area contributed by atoms with E-state index in [1.807, 2.05) is 110 Å². The molecule has 0 saturated carbocycles. The molecule has 0 fully saturated rings. The molecule has 222 valence electrons. The molecule has 2 amide bonds. The quantitative estimate of drug-likeness (QED) is 0.156. The SMILES string of the molecule is CN(C)CCCNC(=O)[C@@]1(Cc2ccccc2I)c2ccccc2C(=O)N(Cc2ccccc2)C1c1ccc(CO)cc1. The molecule has 0 aliphatic carbocycles. The van der Waals surface area contributed by atoms with Gasteiger partial charge >= 0.3 is 0 Å². The average Bonchev–Trinajstić information content (AvgIpc) is 3.03. The first kappa shape index (κ1) is 30.9. The molecule has 1 unspecified atom stereocenters. The van der Waals surface area contributed by atoms with E-state index in [0.29, 0.717) is 25.1 Å². The van der Waals surface area contributed by atoms with Crippen LogP contribution in [-0.2, 0) is 29.8 Å². The number of fused-ring (bicyclic) bond motifs is 1. The smallest absolute Gasteiger partial charge is 0.255 e. The predicted octanol–water partition coefficient (Wildman–Crippen LogP) is 5.73. The number of amides is 2. The molecule has 4 aromatic carbocycles. The van der Waals surface area contributed by atoms with Gasteiger partial charge in [0.2, 0.25) is 5.91 Å². The summed E-state index contributed by atoms with van der Waals surface area (Å²) < 4.78 is 1.07. The Kier molecular flexibility index (Phi) is 9.95. The predicted molar refractivity (Wildman–Crippen MR) is 179 cm³/mol. The van der Waals surface area contributed by atoms with E-state index in [9.17, 15) is 14.7 Å². The average molecular weight is 688 g/mol. The molecule has 1 aliphatic rings. The zero-order valence-corrected chi connectivity index (χ0v) is 26.8. The lowest BCUT2D eigenvalue weighted by atomic mass is 9.63. The lowest BCUT2D eigenvalue weighted by molar-refractivity contribution is -0.130. The Morgan fingerprint density at radius 1 is 0.907 bits per heavy atom. The van der Waals surface area contributed by atoms with Crippen molar-refractivity contribution in [1.82, 2.24) is 15.1 Å². The Bertz CT molecular complexity index is 1560. The van der Waals surface area contributed by atoms with Gasteiger partial charge in [0, 0.05) is 22.2 Å². The molecule has 4 aromatic rings. The maximum atomic E-state index is 14.9. The number of nitrogens with zero attached hydrogens (tertiary/aromatic N) is 2. The van der Waals surface area contributed by atoms with Gasteiger partial charge in [-0.05, 0) is 96.0 Å². The first-order valence-corrected chi connectivity index (χ1v) is 15.7. The van der Waals surface area contributed by atoms with E-state index in [4.69, 9.17) is 0 Å². The number of carbonyl (C=O) groups excluding carboxylic acids is 2. The highest BCUT2D eigenvalue weighted by Gasteiger charge is 2.56. The molecule has 0 bridgehead atoms. The maximum absolute atomic E-state index is 14.9. The molecule has 0 spiro atoms. The third kappa shape index (κ3) is 6.54. The van der Waals surface area contributed by atoms with Crippen molar-refractivity contribution in [2.24, 2.45) is 0 Å². The van der Waals surface area contributed by atoms with E-state index >= 15 is 0 Å². The number of hydrogen-bond acceptors (Lipinski definition) is 4. The number of benzene rings is 4. The van der Waals surface area contributed by atoms with Crippen LogP contribution in [0.3, 0.4) is 0 Å². The second kappa shape index (κ2) is 13.8. The zero-order chi connectivity index (χ0) is 30.4. The summed E-state index contributed by atoms with van der Waals surface area (Å²) in [5, 5.41) is 13.1. The summed E-state index contributed by atoms with van der Waals surface area (Å²) in [5.74, 6) is -0.199. The van der Waals surface area contributed by atoms with Gasteiger partial charge in [-0.2, -0.15) is 0 Å². The fourth-order valence-electron chi connectivity index (χ4n) is 6.17. The molecule has 1 heterocycles. The number of halogens is 1. The Hall–Kier alpha value is -3.53. The van der Waals surface area contributed by atoms with E-state index in [1.165, 1.54) is 0 Å². The minimum absolute atomic E-state index is 0.0832. The Balaban J connectivity index is 1.75. The van der Waals surface area contributed by atoms with Gasteiger partial charge in [-0.15, -0.1) is 0 Å². The van der Waals surface area contributed by atoms with E-state index in [2.05, 4.69) is 44.9 Å². The van der Waals surface area contributed by atoms with Crippen LogP contribution in [0.2, 0.25) is 0 Å². The van der Waals surface area contributed by atoms with Crippen molar-refractivity contribution in [3.63, 3.8) is 0 Å². The summed E-state index contributed by atoms with van der Waals surface area (Å²) in [6, 6.07) is 32.8. The van der Waals surface area contributed by atoms with Crippen molar-refractivity contribution in [3.05, 3.63) is 140 Å². The summed E-state index contributed by atoms with van der Waals surface area (Å²) in [4.78, 5) is 33.4. The highest BCUT2D eigenvalue weighted by Crippen LogP contribution is 2.50. The lowest BCUT2D eigenvalue weighted by Gasteiger charge is -2.50. The maximum Gasteiger partial charge on any atom is 0.255 e. The molecule has 0 saturated heterocycles. The van der Waals surface area contributed by atoms with Crippen LogP contribution in [0.5, 0.6) is 0 Å². The van der Waals surface area contributed by atoms with Crippen molar-refractivity contribution in [2.75, 3.05) is 27.2 Å². The van der Waals surface area contributed by atoms with Crippen molar-refractivity contribution >= 4 is 34.4 Å². The highest BCUT2D eigenvalue weighted by molar-refractivity contribution is 14.1. The van der Waals surface area contributed by atoms with Crippen LogP contribution in [-0.4, -0.2) is 53.9 Å². The molecule has 2 atom stereocenters. The first-order chi connectivity index (χ1) is 20.8. The molecule has 1 aliphatic heterocycles. The summed E-state index contributed by atoms with van der Waals surface area (Å²) >= 11 is 2.34. The zero-order valence-electron chi connectivity index (χ0n) is 24.7. The van der Waals surface area contributed by atoms with Gasteiger partial charge in [0.1, 0.15) is 5.41 Å². The third-order valence-corrected chi connectivity index (χ3v) is 9.30. The number of carbonyl (C=O) groups is 2. The van der Waals surface area contributed by atoms with Gasteiger partial charge in [-0.3, -0.25) is 9.59 Å². The Morgan fingerprint density at radius 3 is 2.28 bits per heavy atom. The highest BCUT2D eigenvalue weighted by atomic mass is 127. The molecular weight excluding hydrogens is 649 g/mol. The van der Waals surface area contributed by atoms with Crippen LogP contribution in [0.1, 0.15) is 50.6 Å². The summed E-state index contributed by atoms with van der Waals surface area (Å²) in [6.07, 6.45) is 1.22. The van der Waals surface area contributed by atoms with Crippen LogP contribution in [0.4, 0.5) is 0 Å². The van der Waals surface area contributed by atoms with Crippen LogP contribution in [0, 0.1) is 3.57 Å². The second-order valence-electron chi connectivity index (χ2n) is 11.4. The topological polar surface area (TPSA) is 72.9 Å². The molecular formula is C36H38IN3O3. The number of aliphatic hydroxyl groups is 1. The molecule has 5 rings (SSSR count). The summed E-state index contributed by atoms with van der Waals surface area (Å²) in [6.45, 7) is 1.64. The van der Waals surface area contributed by atoms with Crippen LogP contribution in [0.25, 0.3) is 0 Å². The molecule has 0 radical (unpaired) electrons. The largest absolute Gasteiger partial charge is 0.392 e. The van der Waals surface area contributed by atoms with E-state index in [1.54, 1.807) is 0 Å². The molecule has 2 N–H and O–H groups in total. The number of hydrogen-bond donors (Lipinski definition) is 2. The first-order valence-electron chi connectivity index (χ1n) is 14.7. The van der Waals surface area contributed by atoms with Crippen molar-refractivity contribution in [2.45, 2.75) is 37.5 Å². The lowest BCUT2D eigenvalue weighted by Crippen LogP contribution is -2.59. The molecule has 7 heteroatoms. The standard InChI is InChI=1S/C36H38IN3O3/c1-39(2)22-10-21-38-35(43)36(23-29-13-6-9-16-32(29)37)31-15-8-7-14-30(31)34(42)40(24-26-11-4-3-5-12-26)33(36)28-19-17-27(25-41)18-20-28/h3-9,11-20,33,41H,10,21-25H2,1-2H3,(H,38,43)/t33?,36-/m0/s1. The van der Waals surface area contributed by atoms with Gasteiger partial charge < -0.3 is 20.2 Å². The van der Waals surface area contributed by atoms with Crippen LogP contribution < -0.4 is 5.32 Å². The van der Waals surface area contributed by atoms with Gasteiger partial charge in [0.25, 0.3) is 5.91 Å². The summed E-state index contributed by atoms with van der Waals surface area (Å²) in [5.41, 5.74) is 3.83. The van der Waals surface area contributed by atoms with Crippen LogP contribution in [0.15, 0.2) is 103 Å². The van der Waals surface area contributed by atoms with Gasteiger partial charge in [0.05, 0.1) is 12.6 Å². The normalized spacial score (nSPS) is 18.0. The van der Waals surface area contributed by atoms with E-state index < -0.39 is 11.5 Å². The van der Waals surface area contributed by atoms with Crippen molar-refractivity contribution in [3.8, 4) is 0 Å².